The molecule has 1 fully saturated rings. The molecule has 0 saturated carbocycles. The molecule has 0 spiro atoms. The Balaban J connectivity index is 1.96. The fourth-order valence-electron chi connectivity index (χ4n) is 3.22. The first-order valence-electron chi connectivity index (χ1n) is 7.60. The van der Waals surface area contributed by atoms with Crippen molar-refractivity contribution in [3.63, 3.8) is 0 Å². The van der Waals surface area contributed by atoms with Gasteiger partial charge in [-0.05, 0) is 67.2 Å². The fourth-order valence-corrected chi connectivity index (χ4v) is 3.86. The van der Waals surface area contributed by atoms with Gasteiger partial charge in [0.1, 0.15) is 5.82 Å². The van der Waals surface area contributed by atoms with E-state index in [9.17, 15) is 0 Å². The summed E-state index contributed by atoms with van der Waals surface area (Å²) in [5.41, 5.74) is 2.34. The monoisotopic (exact) mass is 417 g/mol. The minimum Gasteiger partial charge on any atom is -0.326 e. The molecule has 1 saturated heterocycles. The SMILES string of the molecule is CN1CCCCC1Cn1c(CCCl)nc2cc(I)ccc21. The lowest BCUT2D eigenvalue weighted by atomic mass is 10.0. The minimum atomic E-state index is 0.615. The second-order valence-electron chi connectivity index (χ2n) is 5.84. The largest absolute Gasteiger partial charge is 0.326 e. The van der Waals surface area contributed by atoms with Gasteiger partial charge in [0.15, 0.2) is 0 Å². The zero-order valence-corrected chi connectivity index (χ0v) is 15.3. The minimum absolute atomic E-state index is 0.615. The predicted octanol–water partition coefficient (Wildman–Crippen LogP) is 3.91. The number of likely N-dealkylation sites (N-methyl/N-ethyl adjacent to an activating group) is 1. The number of hydrogen-bond donors (Lipinski definition) is 0. The Labute approximate surface area is 144 Å². The van der Waals surface area contributed by atoms with Crippen LogP contribution in [0.25, 0.3) is 11.0 Å². The average Bonchev–Trinajstić information content (AvgIpc) is 2.79. The van der Waals surface area contributed by atoms with Crippen molar-refractivity contribution >= 4 is 45.2 Å². The maximum Gasteiger partial charge on any atom is 0.111 e. The number of rotatable bonds is 4. The second-order valence-corrected chi connectivity index (χ2v) is 7.46. The highest BCUT2D eigenvalue weighted by Crippen LogP contribution is 2.23. The van der Waals surface area contributed by atoms with Crippen LogP contribution in [0.3, 0.4) is 0 Å². The van der Waals surface area contributed by atoms with Crippen molar-refractivity contribution in [1.82, 2.24) is 14.5 Å². The van der Waals surface area contributed by atoms with E-state index in [1.165, 1.54) is 34.9 Å². The van der Waals surface area contributed by atoms with Gasteiger partial charge in [-0.15, -0.1) is 11.6 Å². The summed E-state index contributed by atoms with van der Waals surface area (Å²) in [5.74, 6) is 1.75. The lowest BCUT2D eigenvalue weighted by Crippen LogP contribution is -2.39. The van der Waals surface area contributed by atoms with Crippen molar-refractivity contribution in [1.29, 1.82) is 0 Å². The molecule has 2 aromatic rings. The van der Waals surface area contributed by atoms with Crippen LogP contribution >= 0.6 is 34.2 Å². The Morgan fingerprint density at radius 1 is 1.38 bits per heavy atom. The number of piperidine rings is 1. The highest BCUT2D eigenvalue weighted by Gasteiger charge is 2.21. The summed E-state index contributed by atoms with van der Waals surface area (Å²) in [6.07, 6.45) is 4.78. The van der Waals surface area contributed by atoms with Crippen molar-refractivity contribution in [3.05, 3.63) is 27.6 Å². The van der Waals surface area contributed by atoms with E-state index in [-0.39, 0.29) is 0 Å². The molecule has 3 rings (SSSR count). The van der Waals surface area contributed by atoms with Crippen LogP contribution in [-0.2, 0) is 13.0 Å². The summed E-state index contributed by atoms with van der Waals surface area (Å²) < 4.78 is 3.62. The lowest BCUT2D eigenvalue weighted by molar-refractivity contribution is 0.167. The summed E-state index contributed by atoms with van der Waals surface area (Å²) in [6, 6.07) is 7.14. The van der Waals surface area contributed by atoms with Crippen molar-refractivity contribution < 1.29 is 0 Å². The number of nitrogens with zero attached hydrogens (tertiary/aromatic N) is 3. The maximum atomic E-state index is 5.97. The highest BCUT2D eigenvalue weighted by molar-refractivity contribution is 14.1. The molecule has 0 bridgehead atoms. The number of aryl methyl sites for hydroxylation is 1. The van der Waals surface area contributed by atoms with E-state index >= 15 is 0 Å². The van der Waals surface area contributed by atoms with Gasteiger partial charge >= 0.3 is 0 Å². The quantitative estimate of drug-likeness (QED) is 0.555. The van der Waals surface area contributed by atoms with Gasteiger partial charge in [-0.25, -0.2) is 4.98 Å². The standard InChI is InChI=1S/C16H21ClIN3/c1-20-9-3-2-4-13(20)11-21-15-6-5-12(18)10-14(15)19-16(21)7-8-17/h5-6,10,13H,2-4,7-9,11H2,1H3. The third-order valence-corrected chi connectivity index (χ3v) is 5.28. The molecule has 0 amide bonds. The van der Waals surface area contributed by atoms with Crippen LogP contribution in [0.15, 0.2) is 18.2 Å². The summed E-state index contributed by atoms with van der Waals surface area (Å²) in [5, 5.41) is 0. The number of hydrogen-bond acceptors (Lipinski definition) is 2. The molecule has 3 nitrogen and oxygen atoms in total. The molecular formula is C16H21ClIN3. The third-order valence-electron chi connectivity index (χ3n) is 4.42. The molecule has 1 aliphatic heterocycles. The van der Waals surface area contributed by atoms with Crippen molar-refractivity contribution in [2.24, 2.45) is 0 Å². The van der Waals surface area contributed by atoms with E-state index in [0.717, 1.165) is 24.3 Å². The predicted molar refractivity (Wildman–Crippen MR) is 97.1 cm³/mol. The van der Waals surface area contributed by atoms with Gasteiger partial charge in [-0.1, -0.05) is 6.42 Å². The van der Waals surface area contributed by atoms with Gasteiger partial charge in [0.05, 0.1) is 11.0 Å². The Morgan fingerprint density at radius 3 is 3.00 bits per heavy atom. The first-order valence-corrected chi connectivity index (χ1v) is 9.21. The van der Waals surface area contributed by atoms with Crippen LogP contribution in [0.2, 0.25) is 0 Å². The molecule has 0 N–H and O–H groups in total. The summed E-state index contributed by atoms with van der Waals surface area (Å²) in [4.78, 5) is 7.30. The molecule has 1 aromatic carbocycles. The Hall–Kier alpha value is -0.330. The van der Waals surface area contributed by atoms with Crippen molar-refractivity contribution in [2.75, 3.05) is 19.5 Å². The van der Waals surface area contributed by atoms with E-state index in [2.05, 4.69) is 57.3 Å². The van der Waals surface area contributed by atoms with Crippen LogP contribution in [0.5, 0.6) is 0 Å². The van der Waals surface area contributed by atoms with E-state index in [1.54, 1.807) is 0 Å². The van der Waals surface area contributed by atoms with Crippen molar-refractivity contribution in [3.8, 4) is 0 Å². The fraction of sp³-hybridized carbons (Fsp3) is 0.562. The second kappa shape index (κ2) is 6.84. The van der Waals surface area contributed by atoms with Gasteiger partial charge in [-0.2, -0.15) is 0 Å². The molecule has 2 heterocycles. The number of benzene rings is 1. The molecule has 0 radical (unpaired) electrons. The Morgan fingerprint density at radius 2 is 2.24 bits per heavy atom. The number of fused-ring (bicyclic) bond motifs is 1. The van der Waals surface area contributed by atoms with Gasteiger partial charge in [0.25, 0.3) is 0 Å². The Bertz CT molecular complexity index is 625. The van der Waals surface area contributed by atoms with E-state index < -0.39 is 0 Å². The van der Waals surface area contributed by atoms with Gasteiger partial charge < -0.3 is 9.47 Å². The molecule has 1 aromatic heterocycles. The zero-order chi connectivity index (χ0) is 14.8. The zero-order valence-electron chi connectivity index (χ0n) is 12.4. The first-order chi connectivity index (χ1) is 10.2. The molecule has 0 aliphatic carbocycles. The number of alkyl halides is 1. The van der Waals surface area contributed by atoms with E-state index in [4.69, 9.17) is 16.6 Å². The Kier molecular flexibility index (Phi) is 5.07. The number of halogens is 2. The molecule has 114 valence electrons. The molecule has 5 heteroatoms. The topological polar surface area (TPSA) is 21.1 Å². The van der Waals surface area contributed by atoms with Crippen LogP contribution in [0.4, 0.5) is 0 Å². The molecule has 1 atom stereocenters. The molecule has 1 unspecified atom stereocenters. The van der Waals surface area contributed by atoms with Crippen LogP contribution < -0.4 is 0 Å². The van der Waals surface area contributed by atoms with Gasteiger partial charge in [-0.3, -0.25) is 0 Å². The number of likely N-dealkylation sites (tertiary alicyclic amines) is 1. The number of imidazole rings is 1. The molecule has 21 heavy (non-hydrogen) atoms. The average molecular weight is 418 g/mol. The lowest BCUT2D eigenvalue weighted by Gasteiger charge is -2.33. The van der Waals surface area contributed by atoms with Crippen LogP contribution in [0.1, 0.15) is 25.1 Å². The first kappa shape index (κ1) is 15.6. The summed E-state index contributed by atoms with van der Waals surface area (Å²) in [7, 11) is 2.24. The summed E-state index contributed by atoms with van der Waals surface area (Å²) in [6.45, 7) is 2.24. The van der Waals surface area contributed by atoms with Gasteiger partial charge in [0.2, 0.25) is 0 Å². The smallest absolute Gasteiger partial charge is 0.111 e. The normalized spacial score (nSPS) is 20.2. The number of aromatic nitrogens is 2. The van der Waals surface area contributed by atoms with E-state index in [0.29, 0.717) is 11.9 Å². The van der Waals surface area contributed by atoms with E-state index in [1.807, 2.05) is 0 Å². The molecule has 1 aliphatic rings. The van der Waals surface area contributed by atoms with Crippen LogP contribution in [-0.4, -0.2) is 40.0 Å². The van der Waals surface area contributed by atoms with Gasteiger partial charge in [0, 0.05) is 28.5 Å². The van der Waals surface area contributed by atoms with Crippen LogP contribution in [0, 0.1) is 3.57 Å². The van der Waals surface area contributed by atoms with Crippen molar-refractivity contribution in [2.45, 2.75) is 38.3 Å². The third kappa shape index (κ3) is 3.37. The highest BCUT2D eigenvalue weighted by atomic mass is 127. The molecular weight excluding hydrogens is 397 g/mol. The maximum absolute atomic E-state index is 5.97. The summed E-state index contributed by atoms with van der Waals surface area (Å²) >= 11 is 8.32.